The zero-order chi connectivity index (χ0) is 46.4. The highest BCUT2D eigenvalue weighted by molar-refractivity contribution is 5.83. The Labute approximate surface area is 386 Å². The average Bonchev–Trinajstić information content (AvgIpc) is 3.29. The number of benzene rings is 4. The van der Waals surface area contributed by atoms with Gasteiger partial charge in [-0.15, -0.1) is 0 Å². The van der Waals surface area contributed by atoms with Gasteiger partial charge < -0.3 is 11.5 Å². The van der Waals surface area contributed by atoms with Gasteiger partial charge in [0.15, 0.2) is 0 Å². The van der Waals surface area contributed by atoms with E-state index in [2.05, 4.69) is 64.1 Å². The fraction of sp³-hybridized carbons (Fsp3) is 0.500. The molecule has 0 bridgehead atoms. The second kappa shape index (κ2) is 31.6. The Morgan fingerprint density at radius 1 is 0.422 bits per heavy atom. The van der Waals surface area contributed by atoms with E-state index < -0.39 is 9.85 Å². The second-order valence-electron chi connectivity index (χ2n) is 17.4. The first-order valence-corrected chi connectivity index (χ1v) is 24.8. The van der Waals surface area contributed by atoms with Crippen molar-refractivity contribution in [2.45, 2.75) is 182 Å². The highest BCUT2D eigenvalue weighted by Crippen LogP contribution is 2.35. The molecule has 4 aromatic rings. The van der Waals surface area contributed by atoms with Gasteiger partial charge in [0.2, 0.25) is 0 Å². The molecule has 8 heteroatoms. The quantitative estimate of drug-likeness (QED) is 0.0231. The fourth-order valence-corrected chi connectivity index (χ4v) is 8.25. The fourth-order valence-electron chi connectivity index (χ4n) is 8.25. The maximum atomic E-state index is 11.4. The molecule has 0 aliphatic carbocycles. The summed E-state index contributed by atoms with van der Waals surface area (Å²) < 4.78 is 0. The van der Waals surface area contributed by atoms with Crippen molar-refractivity contribution >= 4 is 34.9 Å². The van der Waals surface area contributed by atoms with Crippen molar-refractivity contribution in [2.75, 3.05) is 11.5 Å². The summed E-state index contributed by atoms with van der Waals surface area (Å²) in [5.41, 5.74) is 22.7. The SMILES string of the molecule is CCCCCC/C=C/c1cc([N+](=O)[O-])ccc1-c1ccc([N+](=O)[O-])cc1/C=C/CCCCCC.CCCCCCCCc1cc(N)ccc1-c1ccc(N)cc1CCCCCCCC. The topological polar surface area (TPSA) is 138 Å². The Bertz CT molecular complexity index is 1890. The van der Waals surface area contributed by atoms with Crippen LogP contribution in [0.5, 0.6) is 0 Å². The molecule has 4 N–H and O–H groups in total. The summed E-state index contributed by atoms with van der Waals surface area (Å²) in [5, 5.41) is 22.8. The molecule has 0 amide bonds. The molecular formula is C56H80N4O4. The molecule has 0 unspecified atom stereocenters. The van der Waals surface area contributed by atoms with E-state index in [-0.39, 0.29) is 11.4 Å². The van der Waals surface area contributed by atoms with Crippen molar-refractivity contribution in [1.82, 2.24) is 0 Å². The smallest absolute Gasteiger partial charge is 0.270 e. The molecule has 0 aliphatic heterocycles. The molecule has 0 fully saturated rings. The maximum Gasteiger partial charge on any atom is 0.270 e. The normalized spacial score (nSPS) is 11.3. The van der Waals surface area contributed by atoms with E-state index in [4.69, 9.17) is 11.5 Å². The van der Waals surface area contributed by atoms with Crippen molar-refractivity contribution in [1.29, 1.82) is 0 Å². The standard InChI is InChI=1S/C28H36N2O4.C28H44N2/c1-3-5-7-9-11-13-15-23-21-25(29(31)32)17-19-27(23)28-20-18-26(30(33)34)22-24(28)16-14-12-10-8-6-4-2;1-3-5-7-9-11-13-15-23-21-25(29)17-19-27(23)28-20-18-26(30)22-24(28)16-14-12-10-8-6-4-2/h13-22H,3-12H2,1-2H3;17-22H,3-16,29-30H2,1-2H3/b15-13+,16-14+;. The summed E-state index contributed by atoms with van der Waals surface area (Å²) in [7, 11) is 0. The molecule has 0 aliphatic rings. The summed E-state index contributed by atoms with van der Waals surface area (Å²) in [6, 6.07) is 22.5. The van der Waals surface area contributed by atoms with Gasteiger partial charge in [-0.3, -0.25) is 20.2 Å². The van der Waals surface area contributed by atoms with Gasteiger partial charge in [0.1, 0.15) is 0 Å². The summed E-state index contributed by atoms with van der Waals surface area (Å²) in [6.45, 7) is 8.89. The molecule has 0 radical (unpaired) electrons. The third kappa shape index (κ3) is 19.7. The number of nitrogens with two attached hydrogens (primary N) is 2. The first-order valence-electron chi connectivity index (χ1n) is 24.8. The van der Waals surface area contributed by atoms with Crippen LogP contribution in [-0.2, 0) is 12.8 Å². The Morgan fingerprint density at radius 2 is 0.750 bits per heavy atom. The minimum absolute atomic E-state index is 0.0318. The van der Waals surface area contributed by atoms with E-state index in [1.54, 1.807) is 24.3 Å². The van der Waals surface area contributed by atoms with Gasteiger partial charge in [-0.1, -0.05) is 167 Å². The largest absolute Gasteiger partial charge is 0.399 e. The molecule has 348 valence electrons. The summed E-state index contributed by atoms with van der Waals surface area (Å²) in [5.74, 6) is 0. The monoisotopic (exact) mass is 873 g/mol. The van der Waals surface area contributed by atoms with Crippen molar-refractivity contribution in [3.8, 4) is 22.3 Å². The third-order valence-electron chi connectivity index (χ3n) is 12.0. The number of nitro benzene ring substituents is 2. The number of anilines is 2. The minimum Gasteiger partial charge on any atom is -0.399 e. The van der Waals surface area contributed by atoms with E-state index in [1.165, 1.54) is 137 Å². The van der Waals surface area contributed by atoms with Gasteiger partial charge in [0.05, 0.1) is 9.85 Å². The van der Waals surface area contributed by atoms with Gasteiger partial charge in [-0.05, 0) is 132 Å². The summed E-state index contributed by atoms with van der Waals surface area (Å²) >= 11 is 0. The molecule has 4 rings (SSSR count). The van der Waals surface area contributed by atoms with Gasteiger partial charge in [0.25, 0.3) is 11.4 Å². The number of nitrogen functional groups attached to an aromatic ring is 2. The van der Waals surface area contributed by atoms with Crippen LogP contribution < -0.4 is 11.5 Å². The first-order chi connectivity index (χ1) is 31.1. The molecule has 0 spiro atoms. The molecule has 0 aromatic heterocycles. The van der Waals surface area contributed by atoms with Gasteiger partial charge in [0, 0.05) is 35.6 Å². The molecule has 0 atom stereocenters. The zero-order valence-corrected chi connectivity index (χ0v) is 39.9. The first kappa shape index (κ1) is 53.1. The highest BCUT2D eigenvalue weighted by atomic mass is 16.6. The van der Waals surface area contributed by atoms with Crippen molar-refractivity contribution in [3.05, 3.63) is 127 Å². The van der Waals surface area contributed by atoms with Crippen LogP contribution in [0.1, 0.15) is 191 Å². The molecule has 0 saturated heterocycles. The predicted molar refractivity (Wildman–Crippen MR) is 276 cm³/mol. The van der Waals surface area contributed by atoms with E-state index >= 15 is 0 Å². The predicted octanol–water partition coefficient (Wildman–Crippen LogP) is 17.5. The molecule has 8 nitrogen and oxygen atoms in total. The molecule has 64 heavy (non-hydrogen) atoms. The summed E-state index contributed by atoms with van der Waals surface area (Å²) in [6.07, 6.45) is 37.1. The third-order valence-corrected chi connectivity index (χ3v) is 12.0. The molecule has 0 saturated carbocycles. The number of aryl methyl sites for hydroxylation is 2. The number of non-ortho nitro benzene ring substituents is 2. The zero-order valence-electron chi connectivity index (χ0n) is 39.9. The van der Waals surface area contributed by atoms with Crippen LogP contribution in [0, 0.1) is 20.2 Å². The maximum absolute atomic E-state index is 11.4. The minimum atomic E-state index is -0.394. The summed E-state index contributed by atoms with van der Waals surface area (Å²) in [4.78, 5) is 22.0. The van der Waals surface area contributed by atoms with Gasteiger partial charge >= 0.3 is 0 Å². The van der Waals surface area contributed by atoms with E-state index in [9.17, 15) is 20.2 Å². The lowest BCUT2D eigenvalue weighted by atomic mass is 9.90. The van der Waals surface area contributed by atoms with E-state index in [0.717, 1.165) is 85.0 Å². The van der Waals surface area contributed by atoms with Crippen LogP contribution in [-0.4, -0.2) is 9.85 Å². The number of hydrogen-bond acceptors (Lipinski definition) is 6. The number of allylic oxidation sites excluding steroid dienone is 2. The number of rotatable bonds is 30. The Kier molecular flexibility index (Phi) is 26.2. The van der Waals surface area contributed by atoms with Crippen LogP contribution in [0.25, 0.3) is 34.4 Å². The molecule has 4 aromatic carbocycles. The van der Waals surface area contributed by atoms with Crippen LogP contribution in [0.4, 0.5) is 22.7 Å². The average molecular weight is 873 g/mol. The Morgan fingerprint density at radius 3 is 1.11 bits per heavy atom. The van der Waals surface area contributed by atoms with E-state index in [0.29, 0.717) is 0 Å². The van der Waals surface area contributed by atoms with E-state index in [1.807, 2.05) is 24.3 Å². The molecular weight excluding hydrogens is 793 g/mol. The number of unbranched alkanes of at least 4 members (excludes halogenated alkanes) is 18. The number of hydrogen-bond donors (Lipinski definition) is 2. The lowest BCUT2D eigenvalue weighted by Gasteiger charge is -2.16. The highest BCUT2D eigenvalue weighted by Gasteiger charge is 2.16. The lowest BCUT2D eigenvalue weighted by molar-refractivity contribution is -0.385. The Balaban J connectivity index is 0.000000343. The van der Waals surface area contributed by atoms with Crippen molar-refractivity contribution in [3.63, 3.8) is 0 Å². The van der Waals surface area contributed by atoms with Crippen LogP contribution in [0.2, 0.25) is 0 Å². The van der Waals surface area contributed by atoms with Crippen LogP contribution in [0.15, 0.2) is 84.9 Å². The van der Waals surface area contributed by atoms with Crippen molar-refractivity contribution in [2.24, 2.45) is 0 Å². The van der Waals surface area contributed by atoms with Crippen LogP contribution in [0.3, 0.4) is 0 Å². The van der Waals surface area contributed by atoms with Crippen LogP contribution >= 0.6 is 0 Å². The number of nitrogens with zero attached hydrogens (tertiary/aromatic N) is 2. The number of nitro groups is 2. The second-order valence-corrected chi connectivity index (χ2v) is 17.4. The van der Waals surface area contributed by atoms with Gasteiger partial charge in [-0.2, -0.15) is 0 Å². The molecule has 0 heterocycles. The van der Waals surface area contributed by atoms with Crippen molar-refractivity contribution < 1.29 is 9.85 Å². The van der Waals surface area contributed by atoms with Gasteiger partial charge in [-0.25, -0.2) is 0 Å². The Hall–Kier alpha value is -5.24. The lowest BCUT2D eigenvalue weighted by Crippen LogP contribution is -1.99.